The lowest BCUT2D eigenvalue weighted by atomic mass is 10.1. The fraction of sp³-hybridized carbons (Fsp3) is 0.188. The molecule has 2 rings (SSSR count). The van der Waals surface area contributed by atoms with E-state index in [0.29, 0.717) is 10.6 Å². The number of amides is 1. The highest BCUT2D eigenvalue weighted by Gasteiger charge is 2.30. The predicted octanol–water partition coefficient (Wildman–Crippen LogP) is 4.09. The van der Waals surface area contributed by atoms with Crippen LogP contribution in [0.25, 0.3) is 0 Å². The van der Waals surface area contributed by atoms with Crippen molar-refractivity contribution in [2.75, 3.05) is 11.1 Å². The molecule has 0 aliphatic rings. The van der Waals surface area contributed by atoms with Gasteiger partial charge in [0.2, 0.25) is 0 Å². The second-order valence-corrected chi connectivity index (χ2v) is 6.37. The van der Waals surface area contributed by atoms with Crippen LogP contribution in [0.15, 0.2) is 53.4 Å². The van der Waals surface area contributed by atoms with Crippen LogP contribution in [-0.2, 0) is 17.0 Å². The van der Waals surface area contributed by atoms with E-state index in [-0.39, 0.29) is 11.3 Å². The zero-order chi connectivity index (χ0) is 17.0. The number of nitrogens with one attached hydrogen (secondary N) is 1. The Morgan fingerprint density at radius 3 is 2.26 bits per heavy atom. The lowest BCUT2D eigenvalue weighted by Crippen LogP contribution is -2.15. The summed E-state index contributed by atoms with van der Waals surface area (Å²) in [5.74, 6) is -0.146. The first-order valence-electron chi connectivity index (χ1n) is 6.79. The first-order valence-corrected chi connectivity index (χ1v) is 8.11. The normalized spacial score (nSPS) is 12.7. The molecule has 2 aromatic rings. The van der Waals surface area contributed by atoms with Crippen LogP contribution in [0.4, 0.5) is 18.9 Å². The highest BCUT2D eigenvalue weighted by molar-refractivity contribution is 7.85. The molecule has 0 bridgehead atoms. The van der Waals surface area contributed by atoms with Gasteiger partial charge >= 0.3 is 6.18 Å². The number of carbonyl (C=O) groups is 1. The summed E-state index contributed by atoms with van der Waals surface area (Å²) in [5.41, 5.74) is -0.310. The van der Waals surface area contributed by atoms with Gasteiger partial charge in [-0.05, 0) is 36.4 Å². The summed E-state index contributed by atoms with van der Waals surface area (Å²) >= 11 is 0. The van der Waals surface area contributed by atoms with E-state index < -0.39 is 28.4 Å². The topological polar surface area (TPSA) is 46.2 Å². The van der Waals surface area contributed by atoms with Crippen molar-refractivity contribution in [2.45, 2.75) is 18.0 Å². The van der Waals surface area contributed by atoms with Crippen molar-refractivity contribution in [2.24, 2.45) is 0 Å². The summed E-state index contributed by atoms with van der Waals surface area (Å²) in [6.45, 7) is 1.74. The van der Waals surface area contributed by atoms with E-state index in [1.807, 2.05) is 0 Å². The highest BCUT2D eigenvalue weighted by Crippen LogP contribution is 2.30. The van der Waals surface area contributed by atoms with Crippen LogP contribution in [0.3, 0.4) is 0 Å². The Morgan fingerprint density at radius 1 is 1.09 bits per heavy atom. The van der Waals surface area contributed by atoms with Crippen molar-refractivity contribution in [1.29, 1.82) is 0 Å². The Kier molecular flexibility index (Phi) is 5.20. The van der Waals surface area contributed by atoms with E-state index in [1.165, 1.54) is 18.2 Å². The molecule has 0 aliphatic heterocycles. The van der Waals surface area contributed by atoms with Crippen LogP contribution < -0.4 is 5.32 Å². The maximum Gasteiger partial charge on any atom is 0.416 e. The molecule has 3 nitrogen and oxygen atoms in total. The molecule has 7 heteroatoms. The molecule has 0 unspecified atom stereocenters. The summed E-state index contributed by atoms with van der Waals surface area (Å²) in [4.78, 5) is 12.7. The van der Waals surface area contributed by atoms with E-state index in [2.05, 4.69) is 5.32 Å². The first kappa shape index (κ1) is 17.2. The lowest BCUT2D eigenvalue weighted by Gasteiger charge is -2.11. The van der Waals surface area contributed by atoms with Gasteiger partial charge in [0.1, 0.15) is 0 Å². The molecule has 0 spiro atoms. The number of rotatable bonds is 4. The average Bonchev–Trinajstić information content (AvgIpc) is 2.53. The fourth-order valence-electron chi connectivity index (χ4n) is 1.95. The van der Waals surface area contributed by atoms with Gasteiger partial charge in [0.05, 0.1) is 26.8 Å². The van der Waals surface area contributed by atoms with Crippen LogP contribution >= 0.6 is 0 Å². The number of anilines is 1. The summed E-state index contributed by atoms with van der Waals surface area (Å²) < 4.78 is 49.5. The van der Waals surface area contributed by atoms with Crippen LogP contribution in [-0.4, -0.2) is 15.9 Å². The van der Waals surface area contributed by atoms with E-state index in [9.17, 15) is 22.2 Å². The minimum atomic E-state index is -4.42. The van der Waals surface area contributed by atoms with Gasteiger partial charge in [-0.2, -0.15) is 13.2 Å². The molecule has 1 amide bonds. The average molecular weight is 341 g/mol. The molecule has 122 valence electrons. The van der Waals surface area contributed by atoms with Crippen LogP contribution in [0.1, 0.15) is 22.8 Å². The zero-order valence-electron chi connectivity index (χ0n) is 12.2. The van der Waals surface area contributed by atoms with Crippen molar-refractivity contribution in [3.63, 3.8) is 0 Å². The minimum absolute atomic E-state index is 0.236. The van der Waals surface area contributed by atoms with Crippen molar-refractivity contribution >= 4 is 22.4 Å². The van der Waals surface area contributed by atoms with Gasteiger partial charge in [0, 0.05) is 11.4 Å². The Balaban J connectivity index is 2.22. The van der Waals surface area contributed by atoms with Gasteiger partial charge < -0.3 is 5.32 Å². The molecule has 0 saturated heterocycles. The number of carbonyl (C=O) groups excluding carboxylic acids is 1. The molecular formula is C16H14F3NO2S. The molecule has 0 radical (unpaired) electrons. The van der Waals surface area contributed by atoms with E-state index in [4.69, 9.17) is 0 Å². The third-order valence-corrected chi connectivity index (χ3v) is 4.48. The highest BCUT2D eigenvalue weighted by atomic mass is 32.2. The number of halogens is 3. The monoisotopic (exact) mass is 341 g/mol. The molecule has 0 fully saturated rings. The molecule has 2 aromatic carbocycles. The van der Waals surface area contributed by atoms with Gasteiger partial charge in [-0.25, -0.2) is 0 Å². The van der Waals surface area contributed by atoms with Crippen LogP contribution in [0.5, 0.6) is 0 Å². The molecule has 23 heavy (non-hydrogen) atoms. The second kappa shape index (κ2) is 6.95. The van der Waals surface area contributed by atoms with Gasteiger partial charge in [-0.1, -0.05) is 19.1 Å². The largest absolute Gasteiger partial charge is 0.416 e. The third-order valence-electron chi connectivity index (χ3n) is 3.11. The SMILES string of the molecule is CC[S@@](=O)c1ccccc1C(=O)Nc1ccc(C(F)(F)F)cc1. The maximum atomic E-state index is 12.5. The number of hydrogen-bond acceptors (Lipinski definition) is 2. The van der Waals surface area contributed by atoms with Crippen LogP contribution in [0.2, 0.25) is 0 Å². The summed E-state index contributed by atoms with van der Waals surface area (Å²) in [7, 11) is -1.31. The van der Waals surface area contributed by atoms with Crippen molar-refractivity contribution in [1.82, 2.24) is 0 Å². The van der Waals surface area contributed by atoms with Gasteiger partial charge in [0.15, 0.2) is 0 Å². The Hall–Kier alpha value is -2.15. The lowest BCUT2D eigenvalue weighted by molar-refractivity contribution is -0.137. The number of benzene rings is 2. The standard InChI is InChI=1S/C16H14F3NO2S/c1-2-23(22)14-6-4-3-5-13(14)15(21)20-12-9-7-11(8-10-12)16(17,18)19/h3-10H,2H2,1H3,(H,20,21)/t23-/m1/s1. The van der Waals surface area contributed by atoms with E-state index in [0.717, 1.165) is 12.1 Å². The van der Waals surface area contributed by atoms with E-state index in [1.54, 1.807) is 25.1 Å². The second-order valence-electron chi connectivity index (χ2n) is 4.66. The van der Waals surface area contributed by atoms with Crippen molar-refractivity contribution in [3.8, 4) is 0 Å². The number of hydrogen-bond donors (Lipinski definition) is 1. The Morgan fingerprint density at radius 2 is 1.70 bits per heavy atom. The summed E-state index contributed by atoms with van der Waals surface area (Å²) in [5, 5.41) is 2.52. The molecule has 0 aromatic heterocycles. The van der Waals surface area contributed by atoms with E-state index >= 15 is 0 Å². The maximum absolute atomic E-state index is 12.5. The number of alkyl halides is 3. The first-order chi connectivity index (χ1) is 10.8. The molecule has 1 N–H and O–H groups in total. The van der Waals surface area contributed by atoms with Gasteiger partial charge in [0.25, 0.3) is 5.91 Å². The Bertz CT molecular complexity index is 727. The van der Waals surface area contributed by atoms with Crippen LogP contribution in [0, 0.1) is 0 Å². The fourth-order valence-corrected chi connectivity index (χ4v) is 2.90. The quantitative estimate of drug-likeness (QED) is 0.911. The predicted molar refractivity (Wildman–Crippen MR) is 82.8 cm³/mol. The van der Waals surface area contributed by atoms with Crippen molar-refractivity contribution < 1.29 is 22.2 Å². The zero-order valence-corrected chi connectivity index (χ0v) is 13.0. The molecule has 0 heterocycles. The molecular weight excluding hydrogens is 327 g/mol. The molecule has 0 aliphatic carbocycles. The van der Waals surface area contributed by atoms with Gasteiger partial charge in [-0.3, -0.25) is 9.00 Å². The Labute approximate surface area is 134 Å². The van der Waals surface area contributed by atoms with Gasteiger partial charge in [-0.15, -0.1) is 0 Å². The minimum Gasteiger partial charge on any atom is -0.322 e. The summed E-state index contributed by atoms with van der Waals surface area (Å²) in [6.07, 6.45) is -4.42. The third kappa shape index (κ3) is 4.19. The van der Waals surface area contributed by atoms with Crippen molar-refractivity contribution in [3.05, 3.63) is 59.7 Å². The molecule has 0 saturated carbocycles. The smallest absolute Gasteiger partial charge is 0.322 e. The molecule has 1 atom stereocenters. The summed E-state index contributed by atoms with van der Waals surface area (Å²) in [6, 6.07) is 10.6.